The van der Waals surface area contributed by atoms with Gasteiger partial charge in [-0.2, -0.15) is 0 Å². The molecule has 0 radical (unpaired) electrons. The van der Waals surface area contributed by atoms with E-state index in [1.165, 1.54) is 18.4 Å². The van der Waals surface area contributed by atoms with Gasteiger partial charge in [0.15, 0.2) is 5.13 Å². The maximum atomic E-state index is 12.5. The van der Waals surface area contributed by atoms with Crippen LogP contribution >= 0.6 is 22.9 Å². The second kappa shape index (κ2) is 8.07. The Morgan fingerprint density at radius 1 is 1.15 bits per heavy atom. The molecule has 0 spiro atoms. The van der Waals surface area contributed by atoms with E-state index < -0.39 is 0 Å². The zero-order valence-corrected chi connectivity index (χ0v) is 15.6. The Balaban J connectivity index is 1.72. The minimum absolute atomic E-state index is 0.303. The Kier molecular flexibility index (Phi) is 5.60. The van der Waals surface area contributed by atoms with Crippen molar-refractivity contribution in [2.45, 2.75) is 0 Å². The van der Waals surface area contributed by atoms with Crippen molar-refractivity contribution >= 4 is 45.4 Å². The number of ether oxygens (including phenoxy) is 2. The molecule has 134 valence electrons. The van der Waals surface area contributed by atoms with Crippen LogP contribution in [0.3, 0.4) is 0 Å². The second-order valence-corrected chi connectivity index (χ2v) is 6.49. The number of nitrogens with one attached hydrogen (secondary N) is 2. The van der Waals surface area contributed by atoms with Gasteiger partial charge in [-0.3, -0.25) is 4.79 Å². The molecule has 2 aromatic carbocycles. The predicted octanol–water partition coefficient (Wildman–Crippen LogP) is 4.81. The van der Waals surface area contributed by atoms with Crippen LogP contribution in [0.15, 0.2) is 47.8 Å². The largest absolute Gasteiger partial charge is 0.497 e. The number of nitrogens with zero attached hydrogens (tertiary/aromatic N) is 1. The number of rotatable bonds is 6. The van der Waals surface area contributed by atoms with E-state index in [4.69, 9.17) is 21.1 Å². The maximum Gasteiger partial charge on any atom is 0.275 e. The summed E-state index contributed by atoms with van der Waals surface area (Å²) >= 11 is 7.29. The molecule has 0 fully saturated rings. The van der Waals surface area contributed by atoms with Gasteiger partial charge in [0.05, 0.1) is 19.9 Å². The number of methoxy groups -OCH3 is 2. The lowest BCUT2D eigenvalue weighted by molar-refractivity contribution is 0.102. The summed E-state index contributed by atoms with van der Waals surface area (Å²) in [6.07, 6.45) is 0. The van der Waals surface area contributed by atoms with Crippen molar-refractivity contribution in [2.24, 2.45) is 0 Å². The minimum atomic E-state index is -0.330. The van der Waals surface area contributed by atoms with E-state index in [0.717, 1.165) is 5.69 Å². The van der Waals surface area contributed by atoms with Gasteiger partial charge in [-0.1, -0.05) is 17.7 Å². The fourth-order valence-electron chi connectivity index (χ4n) is 2.21. The molecule has 1 aromatic heterocycles. The minimum Gasteiger partial charge on any atom is -0.497 e. The van der Waals surface area contributed by atoms with Gasteiger partial charge in [0.25, 0.3) is 5.91 Å². The van der Waals surface area contributed by atoms with Gasteiger partial charge in [-0.25, -0.2) is 4.98 Å². The molecule has 0 aliphatic carbocycles. The zero-order valence-electron chi connectivity index (χ0n) is 14.1. The van der Waals surface area contributed by atoms with E-state index in [2.05, 4.69) is 15.6 Å². The SMILES string of the molecule is COc1ccc(NC(=O)c2csc(Nc3cccc(Cl)c3)n2)c(OC)c1. The van der Waals surface area contributed by atoms with E-state index in [-0.39, 0.29) is 5.91 Å². The number of benzene rings is 2. The summed E-state index contributed by atoms with van der Waals surface area (Å²) in [5.74, 6) is 0.815. The lowest BCUT2D eigenvalue weighted by Gasteiger charge is -2.10. The standard InChI is InChI=1S/C18H16ClN3O3S/c1-24-13-6-7-14(16(9-13)25-2)21-17(23)15-10-26-18(22-15)20-12-5-3-4-11(19)8-12/h3-10H,1-2H3,(H,20,22)(H,21,23). The molecule has 0 saturated heterocycles. The van der Waals surface area contributed by atoms with Crippen LogP contribution in [0.25, 0.3) is 0 Å². The average Bonchev–Trinajstić information content (AvgIpc) is 3.10. The summed E-state index contributed by atoms with van der Waals surface area (Å²) in [5, 5.41) is 8.81. The highest BCUT2D eigenvalue weighted by molar-refractivity contribution is 7.14. The first-order valence-electron chi connectivity index (χ1n) is 7.60. The molecule has 26 heavy (non-hydrogen) atoms. The van der Waals surface area contributed by atoms with Gasteiger partial charge in [0.2, 0.25) is 0 Å². The fraction of sp³-hybridized carbons (Fsp3) is 0.111. The number of hydrogen-bond acceptors (Lipinski definition) is 6. The van der Waals surface area contributed by atoms with Gasteiger partial charge in [0, 0.05) is 22.2 Å². The van der Waals surface area contributed by atoms with Crippen LogP contribution in [0.5, 0.6) is 11.5 Å². The first kappa shape index (κ1) is 18.0. The summed E-state index contributed by atoms with van der Waals surface area (Å²) in [4.78, 5) is 16.8. The van der Waals surface area contributed by atoms with Crippen molar-refractivity contribution in [3.63, 3.8) is 0 Å². The van der Waals surface area contributed by atoms with Crippen molar-refractivity contribution in [3.05, 3.63) is 58.6 Å². The van der Waals surface area contributed by atoms with E-state index in [9.17, 15) is 4.79 Å². The fourth-order valence-corrected chi connectivity index (χ4v) is 3.11. The highest BCUT2D eigenvalue weighted by Gasteiger charge is 2.14. The van der Waals surface area contributed by atoms with E-state index in [1.807, 2.05) is 12.1 Å². The Morgan fingerprint density at radius 3 is 2.73 bits per heavy atom. The van der Waals surface area contributed by atoms with E-state index >= 15 is 0 Å². The molecular weight excluding hydrogens is 374 g/mol. The lowest BCUT2D eigenvalue weighted by Crippen LogP contribution is -2.13. The number of hydrogen-bond donors (Lipinski definition) is 2. The molecule has 0 saturated carbocycles. The Hall–Kier alpha value is -2.77. The molecule has 1 amide bonds. The van der Waals surface area contributed by atoms with Crippen LogP contribution in [0.1, 0.15) is 10.5 Å². The molecule has 0 bridgehead atoms. The third-order valence-electron chi connectivity index (χ3n) is 3.47. The summed E-state index contributed by atoms with van der Waals surface area (Å²) in [7, 11) is 3.09. The van der Waals surface area contributed by atoms with Crippen LogP contribution < -0.4 is 20.1 Å². The van der Waals surface area contributed by atoms with Gasteiger partial charge in [0.1, 0.15) is 17.2 Å². The van der Waals surface area contributed by atoms with Gasteiger partial charge >= 0.3 is 0 Å². The van der Waals surface area contributed by atoms with Crippen LogP contribution in [0, 0.1) is 0 Å². The van der Waals surface area contributed by atoms with Crippen LogP contribution in [-0.2, 0) is 0 Å². The normalized spacial score (nSPS) is 10.3. The molecule has 0 atom stereocenters. The smallest absolute Gasteiger partial charge is 0.275 e. The number of thiazole rings is 1. The number of carbonyl (C=O) groups excluding carboxylic acids is 1. The van der Waals surface area contributed by atoms with Crippen molar-refractivity contribution in [1.29, 1.82) is 0 Å². The highest BCUT2D eigenvalue weighted by atomic mass is 35.5. The maximum absolute atomic E-state index is 12.5. The van der Waals surface area contributed by atoms with Crippen molar-refractivity contribution < 1.29 is 14.3 Å². The quantitative estimate of drug-likeness (QED) is 0.633. The molecule has 0 unspecified atom stereocenters. The summed E-state index contributed by atoms with van der Waals surface area (Å²) < 4.78 is 10.4. The average molecular weight is 390 g/mol. The Bertz CT molecular complexity index is 930. The van der Waals surface area contributed by atoms with Crippen LogP contribution in [0.4, 0.5) is 16.5 Å². The van der Waals surface area contributed by atoms with Crippen LogP contribution in [0.2, 0.25) is 5.02 Å². The topological polar surface area (TPSA) is 72.5 Å². The van der Waals surface area contributed by atoms with Crippen molar-refractivity contribution in [1.82, 2.24) is 4.98 Å². The molecule has 3 aromatic rings. The number of aromatic nitrogens is 1. The predicted molar refractivity (Wildman–Crippen MR) is 104 cm³/mol. The van der Waals surface area contributed by atoms with Crippen LogP contribution in [-0.4, -0.2) is 25.1 Å². The molecule has 6 nitrogen and oxygen atoms in total. The molecule has 8 heteroatoms. The molecule has 0 aliphatic rings. The first-order chi connectivity index (χ1) is 12.6. The second-order valence-electron chi connectivity index (χ2n) is 5.19. The highest BCUT2D eigenvalue weighted by Crippen LogP contribution is 2.30. The third-order valence-corrected chi connectivity index (χ3v) is 4.46. The zero-order chi connectivity index (χ0) is 18.5. The summed E-state index contributed by atoms with van der Waals surface area (Å²) in [6, 6.07) is 12.4. The molecule has 3 rings (SSSR count). The summed E-state index contributed by atoms with van der Waals surface area (Å²) in [5.41, 5.74) is 1.64. The van der Waals surface area contributed by atoms with Gasteiger partial charge in [-0.15, -0.1) is 11.3 Å². The summed E-state index contributed by atoms with van der Waals surface area (Å²) in [6.45, 7) is 0. The lowest BCUT2D eigenvalue weighted by atomic mass is 10.2. The van der Waals surface area contributed by atoms with E-state index in [1.54, 1.807) is 42.8 Å². The molecule has 2 N–H and O–H groups in total. The van der Waals surface area contributed by atoms with Gasteiger partial charge < -0.3 is 20.1 Å². The van der Waals surface area contributed by atoms with Crippen molar-refractivity contribution in [2.75, 3.05) is 24.9 Å². The Labute approximate surface area is 159 Å². The number of carbonyl (C=O) groups is 1. The molecule has 0 aliphatic heterocycles. The third kappa shape index (κ3) is 4.25. The number of amides is 1. The van der Waals surface area contributed by atoms with Gasteiger partial charge in [-0.05, 0) is 30.3 Å². The Morgan fingerprint density at radius 2 is 2.00 bits per heavy atom. The number of anilines is 3. The molecular formula is C18H16ClN3O3S. The molecule has 1 heterocycles. The van der Waals surface area contributed by atoms with Crippen molar-refractivity contribution in [3.8, 4) is 11.5 Å². The number of halogens is 1. The van der Waals surface area contributed by atoms with E-state index in [0.29, 0.717) is 33.0 Å². The monoisotopic (exact) mass is 389 g/mol. The first-order valence-corrected chi connectivity index (χ1v) is 8.86.